The molecule has 27 heavy (non-hydrogen) atoms. The quantitative estimate of drug-likeness (QED) is 0.848. The third kappa shape index (κ3) is 4.04. The van der Waals surface area contributed by atoms with Crippen molar-refractivity contribution in [3.05, 3.63) is 46.5 Å². The SMILES string of the molecule is Cc1cccc(C)c1NC(=O)c1nc(C(=O)NCC(C)C)n2c1CCCC2. The van der Waals surface area contributed by atoms with Gasteiger partial charge < -0.3 is 15.2 Å². The molecule has 0 saturated carbocycles. The Morgan fingerprint density at radius 3 is 2.52 bits per heavy atom. The summed E-state index contributed by atoms with van der Waals surface area (Å²) in [6, 6.07) is 5.90. The Kier molecular flexibility index (Phi) is 5.63. The minimum atomic E-state index is -0.249. The molecule has 6 nitrogen and oxygen atoms in total. The van der Waals surface area contributed by atoms with Crippen molar-refractivity contribution in [3.8, 4) is 0 Å². The van der Waals surface area contributed by atoms with Crippen molar-refractivity contribution >= 4 is 17.5 Å². The first-order chi connectivity index (χ1) is 12.9. The van der Waals surface area contributed by atoms with Crippen molar-refractivity contribution in [2.24, 2.45) is 5.92 Å². The second-order valence-electron chi connectivity index (χ2n) is 7.66. The average Bonchev–Trinajstić information content (AvgIpc) is 3.02. The Balaban J connectivity index is 1.91. The highest BCUT2D eigenvalue weighted by molar-refractivity contribution is 6.05. The molecule has 1 aliphatic rings. The molecule has 2 aromatic rings. The second kappa shape index (κ2) is 7.94. The molecule has 2 amide bonds. The lowest BCUT2D eigenvalue weighted by Gasteiger charge is -2.17. The van der Waals surface area contributed by atoms with Gasteiger partial charge >= 0.3 is 0 Å². The number of carbonyl (C=O) groups is 2. The molecule has 2 heterocycles. The van der Waals surface area contributed by atoms with Crippen LogP contribution in [-0.4, -0.2) is 27.9 Å². The van der Waals surface area contributed by atoms with Gasteiger partial charge in [0.25, 0.3) is 11.8 Å². The van der Waals surface area contributed by atoms with Gasteiger partial charge in [-0.2, -0.15) is 0 Å². The standard InChI is InChI=1S/C21H28N4O2/c1-13(2)12-22-21(27)19-23-18(16-10-5-6-11-25(16)19)20(26)24-17-14(3)8-7-9-15(17)4/h7-9,13H,5-6,10-12H2,1-4H3,(H,22,27)(H,24,26). The first-order valence-electron chi connectivity index (χ1n) is 9.63. The number of aryl methyl sites for hydroxylation is 2. The van der Waals surface area contributed by atoms with E-state index in [0.29, 0.717) is 24.0 Å². The molecule has 0 unspecified atom stereocenters. The molecule has 3 rings (SSSR count). The van der Waals surface area contributed by atoms with E-state index in [1.54, 1.807) is 0 Å². The Labute approximate surface area is 160 Å². The van der Waals surface area contributed by atoms with Gasteiger partial charge in [-0.25, -0.2) is 4.98 Å². The number of benzene rings is 1. The van der Waals surface area contributed by atoms with E-state index in [-0.39, 0.29) is 11.8 Å². The predicted molar refractivity (Wildman–Crippen MR) is 106 cm³/mol. The number of fused-ring (bicyclic) bond motifs is 1. The smallest absolute Gasteiger partial charge is 0.287 e. The number of aromatic nitrogens is 2. The summed E-state index contributed by atoms with van der Waals surface area (Å²) in [7, 11) is 0. The van der Waals surface area contributed by atoms with E-state index >= 15 is 0 Å². The second-order valence-corrected chi connectivity index (χ2v) is 7.66. The topological polar surface area (TPSA) is 76.0 Å². The molecule has 0 aliphatic carbocycles. The van der Waals surface area contributed by atoms with Gasteiger partial charge in [0, 0.05) is 18.8 Å². The van der Waals surface area contributed by atoms with Gasteiger partial charge in [-0.05, 0) is 50.2 Å². The van der Waals surface area contributed by atoms with E-state index in [0.717, 1.165) is 48.3 Å². The molecule has 0 spiro atoms. The summed E-state index contributed by atoms with van der Waals surface area (Å²) in [6.45, 7) is 9.34. The van der Waals surface area contributed by atoms with Crippen LogP contribution in [0.1, 0.15) is 64.6 Å². The van der Waals surface area contributed by atoms with Crippen LogP contribution in [0.25, 0.3) is 0 Å². The van der Waals surface area contributed by atoms with Crippen LogP contribution in [-0.2, 0) is 13.0 Å². The van der Waals surface area contributed by atoms with Crippen LogP contribution in [0, 0.1) is 19.8 Å². The number of hydrogen-bond acceptors (Lipinski definition) is 3. The lowest BCUT2D eigenvalue weighted by molar-refractivity contribution is 0.0933. The van der Waals surface area contributed by atoms with E-state index < -0.39 is 0 Å². The summed E-state index contributed by atoms with van der Waals surface area (Å²) in [6.07, 6.45) is 2.76. The summed E-state index contributed by atoms with van der Waals surface area (Å²) in [5, 5.41) is 5.92. The van der Waals surface area contributed by atoms with Gasteiger partial charge in [-0.15, -0.1) is 0 Å². The number of hydrogen-bond donors (Lipinski definition) is 2. The molecule has 1 aromatic heterocycles. The maximum atomic E-state index is 13.0. The third-order valence-corrected chi connectivity index (χ3v) is 4.93. The summed E-state index contributed by atoms with van der Waals surface area (Å²) in [5.74, 6) is 0.243. The maximum Gasteiger partial charge on any atom is 0.287 e. The normalized spacial score (nSPS) is 13.4. The largest absolute Gasteiger partial charge is 0.349 e. The van der Waals surface area contributed by atoms with Crippen LogP contribution in [0.3, 0.4) is 0 Å². The number of rotatable bonds is 5. The summed E-state index contributed by atoms with van der Waals surface area (Å²) in [5.41, 5.74) is 4.05. The van der Waals surface area contributed by atoms with Crippen molar-refractivity contribution in [3.63, 3.8) is 0 Å². The summed E-state index contributed by atoms with van der Waals surface area (Å²) >= 11 is 0. The molecule has 0 saturated heterocycles. The van der Waals surface area contributed by atoms with Crippen molar-refractivity contribution in [1.82, 2.24) is 14.9 Å². The van der Waals surface area contributed by atoms with Crippen LogP contribution in [0.2, 0.25) is 0 Å². The van der Waals surface area contributed by atoms with Crippen molar-refractivity contribution in [2.45, 2.75) is 53.5 Å². The summed E-state index contributed by atoms with van der Waals surface area (Å²) < 4.78 is 1.92. The zero-order valence-corrected chi connectivity index (χ0v) is 16.6. The van der Waals surface area contributed by atoms with Crippen molar-refractivity contribution < 1.29 is 9.59 Å². The van der Waals surface area contributed by atoms with Crippen molar-refractivity contribution in [1.29, 1.82) is 0 Å². The Morgan fingerprint density at radius 1 is 1.15 bits per heavy atom. The van der Waals surface area contributed by atoms with Crippen LogP contribution in [0.5, 0.6) is 0 Å². The Bertz CT molecular complexity index is 847. The molecule has 0 radical (unpaired) electrons. The third-order valence-electron chi connectivity index (χ3n) is 4.93. The maximum absolute atomic E-state index is 13.0. The highest BCUT2D eigenvalue weighted by atomic mass is 16.2. The number of carbonyl (C=O) groups excluding carboxylic acids is 2. The minimum Gasteiger partial charge on any atom is -0.349 e. The minimum absolute atomic E-state index is 0.210. The van der Waals surface area contributed by atoms with Crippen LogP contribution >= 0.6 is 0 Å². The summed E-state index contributed by atoms with van der Waals surface area (Å²) in [4.78, 5) is 30.0. The lowest BCUT2D eigenvalue weighted by Crippen LogP contribution is -2.30. The number of nitrogens with zero attached hydrogens (tertiary/aromatic N) is 2. The van der Waals surface area contributed by atoms with Gasteiger partial charge in [-0.3, -0.25) is 9.59 Å². The van der Waals surface area contributed by atoms with Gasteiger partial charge in [0.1, 0.15) is 0 Å². The lowest BCUT2D eigenvalue weighted by atomic mass is 10.1. The average molecular weight is 368 g/mol. The molecule has 2 N–H and O–H groups in total. The molecular weight excluding hydrogens is 340 g/mol. The predicted octanol–water partition coefficient (Wildman–Crippen LogP) is 3.47. The molecule has 144 valence electrons. The number of amides is 2. The number of para-hydroxylation sites is 1. The van der Waals surface area contributed by atoms with Crippen LogP contribution in [0.4, 0.5) is 5.69 Å². The fourth-order valence-electron chi connectivity index (χ4n) is 3.46. The van der Waals surface area contributed by atoms with E-state index in [1.807, 2.05) is 50.5 Å². The molecule has 6 heteroatoms. The first kappa shape index (κ1) is 19.1. The van der Waals surface area contributed by atoms with E-state index in [4.69, 9.17) is 0 Å². The number of nitrogens with one attached hydrogen (secondary N) is 2. The fraction of sp³-hybridized carbons (Fsp3) is 0.476. The molecule has 0 bridgehead atoms. The van der Waals surface area contributed by atoms with Crippen molar-refractivity contribution in [2.75, 3.05) is 11.9 Å². The highest BCUT2D eigenvalue weighted by Gasteiger charge is 2.27. The van der Waals surface area contributed by atoms with Gasteiger partial charge in [-0.1, -0.05) is 32.0 Å². The highest BCUT2D eigenvalue weighted by Crippen LogP contribution is 2.24. The Morgan fingerprint density at radius 2 is 1.85 bits per heavy atom. The van der Waals surface area contributed by atoms with Crippen LogP contribution < -0.4 is 10.6 Å². The van der Waals surface area contributed by atoms with Gasteiger partial charge in [0.05, 0.1) is 5.69 Å². The van der Waals surface area contributed by atoms with E-state index in [9.17, 15) is 9.59 Å². The molecule has 1 aliphatic heterocycles. The zero-order chi connectivity index (χ0) is 19.6. The molecular formula is C21H28N4O2. The van der Waals surface area contributed by atoms with E-state index in [1.165, 1.54) is 0 Å². The fourth-order valence-corrected chi connectivity index (χ4v) is 3.46. The van der Waals surface area contributed by atoms with Gasteiger partial charge in [0.15, 0.2) is 11.5 Å². The molecule has 0 fully saturated rings. The number of anilines is 1. The molecule has 0 atom stereocenters. The van der Waals surface area contributed by atoms with Crippen LogP contribution in [0.15, 0.2) is 18.2 Å². The monoisotopic (exact) mass is 368 g/mol. The Hall–Kier alpha value is -2.63. The van der Waals surface area contributed by atoms with Gasteiger partial charge in [0.2, 0.25) is 0 Å². The van der Waals surface area contributed by atoms with E-state index in [2.05, 4.69) is 15.6 Å². The number of imidazole rings is 1. The molecule has 1 aromatic carbocycles. The first-order valence-corrected chi connectivity index (χ1v) is 9.63. The zero-order valence-electron chi connectivity index (χ0n) is 16.6.